The Bertz CT molecular complexity index is 1710. The zero-order chi connectivity index (χ0) is 24.3. The number of anilines is 1. The van der Waals surface area contributed by atoms with Crippen LogP contribution in [0.15, 0.2) is 69.9 Å². The minimum Gasteiger partial charge on any atom is -0.497 e. The second kappa shape index (κ2) is 8.11. The van der Waals surface area contributed by atoms with Gasteiger partial charge < -0.3 is 13.9 Å². The summed E-state index contributed by atoms with van der Waals surface area (Å²) in [6, 6.07) is 16.7. The zero-order valence-corrected chi connectivity index (χ0v) is 20.1. The minimum atomic E-state index is -0.810. The molecule has 0 unspecified atom stereocenters. The summed E-state index contributed by atoms with van der Waals surface area (Å²) in [6.07, 6.45) is 0. The van der Waals surface area contributed by atoms with Crippen molar-refractivity contribution >= 4 is 55.2 Å². The standard InChI is InChI=1S/C26H17ClN2O5S/c1-32-14-8-9-15(19(12-14)33-2)22-21-23(30)16-5-3-4-6-18(16)34-24(21)25(31)29(22)26-28-17-10-7-13(27)11-20(17)35-26/h3-12,22H,1-2H3/t22-/m0/s1. The number of rotatable bonds is 4. The normalized spacial score (nSPS) is 15.1. The maximum atomic E-state index is 13.8. The third kappa shape index (κ3) is 3.29. The molecule has 3 heterocycles. The Kier molecular flexibility index (Phi) is 5.01. The molecule has 1 aliphatic heterocycles. The molecule has 7 nitrogen and oxygen atoms in total. The molecule has 35 heavy (non-hydrogen) atoms. The molecule has 0 saturated heterocycles. The van der Waals surface area contributed by atoms with Crippen molar-refractivity contribution in [2.75, 3.05) is 19.1 Å². The van der Waals surface area contributed by atoms with E-state index in [0.717, 1.165) is 4.70 Å². The fourth-order valence-corrected chi connectivity index (χ4v) is 5.71. The highest BCUT2D eigenvalue weighted by Crippen LogP contribution is 2.46. The molecular weight excluding hydrogens is 488 g/mol. The third-order valence-corrected chi connectivity index (χ3v) is 7.31. The average Bonchev–Trinajstić information content (AvgIpc) is 3.41. The van der Waals surface area contributed by atoms with Crippen LogP contribution in [0, 0.1) is 0 Å². The maximum absolute atomic E-state index is 13.8. The lowest BCUT2D eigenvalue weighted by molar-refractivity contribution is 0.0971. The number of thiazole rings is 1. The number of benzene rings is 3. The number of hydrogen-bond acceptors (Lipinski definition) is 7. The van der Waals surface area contributed by atoms with E-state index < -0.39 is 11.9 Å². The Hall–Kier alpha value is -3.88. The fraction of sp³-hybridized carbons (Fsp3) is 0.115. The highest BCUT2D eigenvalue weighted by Gasteiger charge is 2.46. The number of fused-ring (bicyclic) bond motifs is 3. The number of aromatic nitrogens is 1. The van der Waals surface area contributed by atoms with E-state index in [0.29, 0.717) is 43.7 Å². The summed E-state index contributed by atoms with van der Waals surface area (Å²) >= 11 is 7.49. The second-order valence-electron chi connectivity index (χ2n) is 7.96. The van der Waals surface area contributed by atoms with Crippen LogP contribution in [0.5, 0.6) is 11.5 Å². The number of para-hydroxylation sites is 1. The molecule has 6 rings (SSSR count). The molecule has 0 N–H and O–H groups in total. The van der Waals surface area contributed by atoms with Gasteiger partial charge in [-0.05, 0) is 42.5 Å². The van der Waals surface area contributed by atoms with Crippen LogP contribution in [0.2, 0.25) is 5.02 Å². The first kappa shape index (κ1) is 21.6. The predicted octanol–water partition coefficient (Wildman–Crippen LogP) is 5.82. The maximum Gasteiger partial charge on any atom is 0.297 e. The smallest absolute Gasteiger partial charge is 0.297 e. The first-order valence-electron chi connectivity index (χ1n) is 10.7. The second-order valence-corrected chi connectivity index (χ2v) is 9.41. The van der Waals surface area contributed by atoms with Crippen LogP contribution in [0.3, 0.4) is 0 Å². The van der Waals surface area contributed by atoms with Gasteiger partial charge in [0.1, 0.15) is 23.1 Å². The van der Waals surface area contributed by atoms with Gasteiger partial charge in [-0.3, -0.25) is 14.5 Å². The van der Waals surface area contributed by atoms with Gasteiger partial charge in [0, 0.05) is 16.7 Å². The first-order valence-corrected chi connectivity index (χ1v) is 11.9. The van der Waals surface area contributed by atoms with E-state index in [2.05, 4.69) is 4.98 Å². The lowest BCUT2D eigenvalue weighted by Crippen LogP contribution is -2.29. The van der Waals surface area contributed by atoms with E-state index in [1.807, 2.05) is 0 Å². The van der Waals surface area contributed by atoms with E-state index in [4.69, 9.17) is 25.5 Å². The summed E-state index contributed by atoms with van der Waals surface area (Å²) in [6.45, 7) is 0. The molecule has 1 aliphatic rings. The molecule has 1 amide bonds. The van der Waals surface area contributed by atoms with Crippen molar-refractivity contribution in [1.29, 1.82) is 0 Å². The quantitative estimate of drug-likeness (QED) is 0.306. The number of nitrogens with zero attached hydrogens (tertiary/aromatic N) is 2. The monoisotopic (exact) mass is 504 g/mol. The van der Waals surface area contributed by atoms with Gasteiger partial charge >= 0.3 is 0 Å². The van der Waals surface area contributed by atoms with E-state index in [1.165, 1.54) is 23.3 Å². The topological polar surface area (TPSA) is 81.9 Å². The largest absolute Gasteiger partial charge is 0.497 e. The predicted molar refractivity (Wildman–Crippen MR) is 135 cm³/mol. The lowest BCUT2D eigenvalue weighted by Gasteiger charge is -2.24. The SMILES string of the molecule is COc1ccc([C@H]2c3c(oc4ccccc4c3=O)C(=O)N2c2nc3ccc(Cl)cc3s2)c(OC)c1. The van der Waals surface area contributed by atoms with Crippen LogP contribution in [0.25, 0.3) is 21.2 Å². The molecule has 5 aromatic rings. The molecule has 0 fully saturated rings. The van der Waals surface area contributed by atoms with Gasteiger partial charge in [-0.25, -0.2) is 4.98 Å². The molecule has 0 bridgehead atoms. The van der Waals surface area contributed by atoms with Crippen LogP contribution in [-0.4, -0.2) is 25.1 Å². The summed E-state index contributed by atoms with van der Waals surface area (Å²) in [5, 5.41) is 1.39. The molecule has 9 heteroatoms. The molecule has 3 aromatic carbocycles. The van der Waals surface area contributed by atoms with E-state index in [9.17, 15) is 9.59 Å². The Balaban J connectivity index is 1.65. The molecule has 174 valence electrons. The summed E-state index contributed by atoms with van der Waals surface area (Å²) < 4.78 is 17.8. The zero-order valence-electron chi connectivity index (χ0n) is 18.6. The van der Waals surface area contributed by atoms with Crippen molar-refractivity contribution in [3.63, 3.8) is 0 Å². The Morgan fingerprint density at radius 1 is 1.03 bits per heavy atom. The number of carbonyl (C=O) groups is 1. The minimum absolute atomic E-state index is 0.00569. The van der Waals surface area contributed by atoms with Crippen molar-refractivity contribution in [1.82, 2.24) is 4.98 Å². The molecule has 2 aromatic heterocycles. The molecule has 1 atom stereocenters. The Morgan fingerprint density at radius 2 is 1.86 bits per heavy atom. The van der Waals surface area contributed by atoms with Gasteiger partial charge in [0.25, 0.3) is 5.91 Å². The lowest BCUT2D eigenvalue weighted by atomic mass is 9.97. The molecule has 0 aliphatic carbocycles. The highest BCUT2D eigenvalue weighted by atomic mass is 35.5. The van der Waals surface area contributed by atoms with Crippen LogP contribution >= 0.6 is 22.9 Å². The summed E-state index contributed by atoms with van der Waals surface area (Å²) in [7, 11) is 3.09. The molecule has 0 radical (unpaired) electrons. The number of amides is 1. The van der Waals surface area contributed by atoms with E-state index in [-0.39, 0.29) is 16.8 Å². The summed E-state index contributed by atoms with van der Waals surface area (Å²) in [5.41, 5.74) is 1.63. The van der Waals surface area contributed by atoms with Crippen molar-refractivity contribution < 1.29 is 18.7 Å². The molecule has 0 spiro atoms. The van der Waals surface area contributed by atoms with E-state index >= 15 is 0 Å². The number of methoxy groups -OCH3 is 2. The van der Waals surface area contributed by atoms with Crippen LogP contribution in [0.1, 0.15) is 27.7 Å². The highest BCUT2D eigenvalue weighted by molar-refractivity contribution is 7.22. The summed E-state index contributed by atoms with van der Waals surface area (Å²) in [4.78, 5) is 33.7. The van der Waals surface area contributed by atoms with Crippen molar-refractivity contribution in [2.45, 2.75) is 6.04 Å². The van der Waals surface area contributed by atoms with Gasteiger partial charge in [0.2, 0.25) is 5.76 Å². The van der Waals surface area contributed by atoms with Crippen LogP contribution in [0.4, 0.5) is 5.13 Å². The van der Waals surface area contributed by atoms with Gasteiger partial charge in [-0.2, -0.15) is 0 Å². The Morgan fingerprint density at radius 3 is 2.66 bits per heavy atom. The van der Waals surface area contributed by atoms with Crippen LogP contribution in [-0.2, 0) is 0 Å². The van der Waals surface area contributed by atoms with Crippen molar-refractivity contribution in [3.05, 3.63) is 92.8 Å². The van der Waals surface area contributed by atoms with Crippen molar-refractivity contribution in [3.8, 4) is 11.5 Å². The van der Waals surface area contributed by atoms with Gasteiger partial charge in [-0.15, -0.1) is 0 Å². The number of carbonyl (C=O) groups excluding carboxylic acids is 1. The van der Waals surface area contributed by atoms with Gasteiger partial charge in [0.05, 0.1) is 35.4 Å². The average molecular weight is 505 g/mol. The molecular formula is C26H17ClN2O5S. The number of ether oxygens (including phenoxy) is 2. The van der Waals surface area contributed by atoms with Gasteiger partial charge in [0.15, 0.2) is 10.6 Å². The number of hydrogen-bond donors (Lipinski definition) is 0. The third-order valence-electron chi connectivity index (χ3n) is 6.06. The van der Waals surface area contributed by atoms with Crippen molar-refractivity contribution in [2.24, 2.45) is 0 Å². The van der Waals surface area contributed by atoms with E-state index in [1.54, 1.807) is 67.8 Å². The first-order chi connectivity index (χ1) is 17.0. The molecule has 0 saturated carbocycles. The number of halogens is 1. The van der Waals surface area contributed by atoms with Gasteiger partial charge in [-0.1, -0.05) is 35.1 Å². The summed E-state index contributed by atoms with van der Waals surface area (Å²) in [5.74, 6) is 0.600. The van der Waals surface area contributed by atoms with Crippen LogP contribution < -0.4 is 19.8 Å². The fourth-order valence-electron chi connectivity index (χ4n) is 4.44. The Labute approximate surface area is 208 Å².